The van der Waals surface area contributed by atoms with E-state index in [2.05, 4.69) is 10.3 Å². The average Bonchev–Trinajstić information content (AvgIpc) is 2.91. The van der Waals surface area contributed by atoms with Gasteiger partial charge in [0.1, 0.15) is 5.75 Å². The number of aromatic nitrogens is 1. The molecule has 0 aliphatic rings. The molecule has 1 aromatic carbocycles. The topological polar surface area (TPSA) is 54.5 Å². The summed E-state index contributed by atoms with van der Waals surface area (Å²) in [5.74, 6) is 0.758. The molecule has 1 aromatic heterocycles. The molecule has 20 heavy (non-hydrogen) atoms. The summed E-state index contributed by atoms with van der Waals surface area (Å²) >= 11 is 1.41. The van der Waals surface area contributed by atoms with Crippen LogP contribution in [0.5, 0.6) is 5.75 Å². The van der Waals surface area contributed by atoms with Gasteiger partial charge in [0.25, 0.3) is 0 Å². The number of amides is 1. The van der Waals surface area contributed by atoms with Crippen LogP contribution < -0.4 is 10.1 Å². The summed E-state index contributed by atoms with van der Waals surface area (Å²) in [5.41, 5.74) is 1.11. The largest absolute Gasteiger partial charge is 0.497 e. The maximum atomic E-state index is 11.8. The van der Waals surface area contributed by atoms with Crippen LogP contribution in [0.4, 0.5) is 5.13 Å². The summed E-state index contributed by atoms with van der Waals surface area (Å²) in [7, 11) is 3.55. The lowest BCUT2D eigenvalue weighted by Gasteiger charge is -2.16. The minimum Gasteiger partial charge on any atom is -0.497 e. The number of benzene rings is 1. The van der Waals surface area contributed by atoms with Crippen LogP contribution in [-0.4, -0.2) is 36.5 Å². The highest BCUT2D eigenvalue weighted by atomic mass is 32.1. The SMILES string of the molecule is COc1cccc(CN(C)CC(=O)Nc2nccs2)c1. The minimum atomic E-state index is -0.0645. The molecule has 0 aliphatic heterocycles. The van der Waals surface area contributed by atoms with E-state index < -0.39 is 0 Å². The number of ether oxygens (including phenoxy) is 1. The van der Waals surface area contributed by atoms with E-state index >= 15 is 0 Å². The monoisotopic (exact) mass is 291 g/mol. The zero-order valence-corrected chi connectivity index (χ0v) is 12.3. The molecular formula is C14H17N3O2S. The number of carbonyl (C=O) groups is 1. The van der Waals surface area contributed by atoms with Gasteiger partial charge in [-0.05, 0) is 24.7 Å². The summed E-state index contributed by atoms with van der Waals surface area (Å²) in [4.78, 5) is 17.8. The van der Waals surface area contributed by atoms with Crippen molar-refractivity contribution in [2.75, 3.05) is 26.0 Å². The molecule has 0 aliphatic carbocycles. The lowest BCUT2D eigenvalue weighted by molar-refractivity contribution is -0.117. The van der Waals surface area contributed by atoms with E-state index in [0.717, 1.165) is 11.3 Å². The average molecular weight is 291 g/mol. The number of likely N-dealkylation sites (N-methyl/N-ethyl adjacent to an activating group) is 1. The molecule has 2 rings (SSSR count). The van der Waals surface area contributed by atoms with Crippen molar-refractivity contribution in [3.05, 3.63) is 41.4 Å². The second-order valence-electron chi connectivity index (χ2n) is 4.41. The van der Waals surface area contributed by atoms with Crippen molar-refractivity contribution in [3.63, 3.8) is 0 Å². The third-order valence-corrected chi connectivity index (χ3v) is 3.37. The van der Waals surface area contributed by atoms with Gasteiger partial charge < -0.3 is 10.1 Å². The number of hydrogen-bond acceptors (Lipinski definition) is 5. The Hall–Kier alpha value is -1.92. The fourth-order valence-corrected chi connectivity index (χ4v) is 2.37. The van der Waals surface area contributed by atoms with Gasteiger partial charge in [0.2, 0.25) is 5.91 Å². The van der Waals surface area contributed by atoms with Crippen LogP contribution >= 0.6 is 11.3 Å². The van der Waals surface area contributed by atoms with E-state index in [1.807, 2.05) is 41.6 Å². The van der Waals surface area contributed by atoms with Crippen molar-refractivity contribution >= 4 is 22.4 Å². The molecule has 1 N–H and O–H groups in total. The predicted molar refractivity (Wildman–Crippen MR) is 80.1 cm³/mol. The number of nitrogens with zero attached hydrogens (tertiary/aromatic N) is 2. The molecule has 2 aromatic rings. The molecule has 0 unspecified atom stereocenters. The first kappa shape index (κ1) is 14.5. The number of nitrogens with one attached hydrogen (secondary N) is 1. The molecule has 6 heteroatoms. The zero-order valence-electron chi connectivity index (χ0n) is 11.5. The number of anilines is 1. The number of carbonyl (C=O) groups excluding carboxylic acids is 1. The number of hydrogen-bond donors (Lipinski definition) is 1. The highest BCUT2D eigenvalue weighted by Gasteiger charge is 2.09. The molecule has 1 amide bonds. The van der Waals surface area contributed by atoms with E-state index in [0.29, 0.717) is 18.2 Å². The Morgan fingerprint density at radius 1 is 1.50 bits per heavy atom. The van der Waals surface area contributed by atoms with E-state index in [4.69, 9.17) is 4.74 Å². The van der Waals surface area contributed by atoms with E-state index in [9.17, 15) is 4.79 Å². The van der Waals surface area contributed by atoms with Gasteiger partial charge in [-0.1, -0.05) is 12.1 Å². The molecule has 106 valence electrons. The highest BCUT2D eigenvalue weighted by molar-refractivity contribution is 7.13. The van der Waals surface area contributed by atoms with E-state index in [1.54, 1.807) is 13.3 Å². The number of rotatable bonds is 6. The molecule has 0 bridgehead atoms. The molecule has 0 spiro atoms. The van der Waals surface area contributed by atoms with Crippen molar-refractivity contribution in [2.45, 2.75) is 6.54 Å². The number of methoxy groups -OCH3 is 1. The first-order valence-electron chi connectivity index (χ1n) is 6.18. The smallest absolute Gasteiger partial charge is 0.240 e. The lowest BCUT2D eigenvalue weighted by atomic mass is 10.2. The first-order chi connectivity index (χ1) is 9.67. The zero-order chi connectivity index (χ0) is 14.4. The maximum absolute atomic E-state index is 11.8. The summed E-state index contributed by atoms with van der Waals surface area (Å²) in [6, 6.07) is 7.82. The van der Waals surface area contributed by atoms with Gasteiger partial charge in [-0.15, -0.1) is 11.3 Å². The Balaban J connectivity index is 1.85. The Bertz CT molecular complexity index is 557. The summed E-state index contributed by atoms with van der Waals surface area (Å²) in [5, 5.41) is 5.22. The minimum absolute atomic E-state index is 0.0645. The van der Waals surface area contributed by atoms with Crippen molar-refractivity contribution < 1.29 is 9.53 Å². The van der Waals surface area contributed by atoms with Gasteiger partial charge in [0.05, 0.1) is 13.7 Å². The fourth-order valence-electron chi connectivity index (χ4n) is 1.83. The maximum Gasteiger partial charge on any atom is 0.240 e. The molecule has 0 radical (unpaired) electrons. The standard InChI is InChI=1S/C14H17N3O2S/c1-17(9-11-4-3-5-12(8-11)19-2)10-13(18)16-14-15-6-7-20-14/h3-8H,9-10H2,1-2H3,(H,15,16,18). The van der Waals surface area contributed by atoms with Crippen LogP contribution in [0.3, 0.4) is 0 Å². The normalized spacial score (nSPS) is 10.6. The molecule has 0 atom stereocenters. The van der Waals surface area contributed by atoms with Crippen molar-refractivity contribution in [1.29, 1.82) is 0 Å². The molecular weight excluding hydrogens is 274 g/mol. The molecule has 1 heterocycles. The summed E-state index contributed by atoms with van der Waals surface area (Å²) < 4.78 is 5.18. The Labute approximate surface area is 122 Å². The second kappa shape index (κ2) is 7.02. The molecule has 0 saturated heterocycles. The van der Waals surface area contributed by atoms with Crippen molar-refractivity contribution in [1.82, 2.24) is 9.88 Å². The van der Waals surface area contributed by atoms with Crippen LogP contribution in [0.1, 0.15) is 5.56 Å². The van der Waals surface area contributed by atoms with Gasteiger partial charge in [0.15, 0.2) is 5.13 Å². The van der Waals surface area contributed by atoms with Gasteiger partial charge in [-0.25, -0.2) is 4.98 Å². The molecule has 0 fully saturated rings. The Morgan fingerprint density at radius 2 is 2.35 bits per heavy atom. The third-order valence-electron chi connectivity index (χ3n) is 2.68. The second-order valence-corrected chi connectivity index (χ2v) is 5.30. The third kappa shape index (κ3) is 4.32. The predicted octanol–water partition coefficient (Wildman–Crippen LogP) is 2.22. The van der Waals surface area contributed by atoms with E-state index in [1.165, 1.54) is 11.3 Å². The van der Waals surface area contributed by atoms with Gasteiger partial charge in [-0.2, -0.15) is 0 Å². The van der Waals surface area contributed by atoms with Crippen LogP contribution in [0.25, 0.3) is 0 Å². The first-order valence-corrected chi connectivity index (χ1v) is 7.06. The van der Waals surface area contributed by atoms with Crippen LogP contribution in [0.15, 0.2) is 35.8 Å². The van der Waals surface area contributed by atoms with Crippen LogP contribution in [0.2, 0.25) is 0 Å². The molecule has 0 saturated carbocycles. The quantitative estimate of drug-likeness (QED) is 0.886. The Morgan fingerprint density at radius 3 is 3.05 bits per heavy atom. The van der Waals surface area contributed by atoms with Crippen molar-refractivity contribution in [3.8, 4) is 5.75 Å². The highest BCUT2D eigenvalue weighted by Crippen LogP contribution is 2.14. The Kier molecular flexibility index (Phi) is 5.09. The van der Waals surface area contributed by atoms with Crippen LogP contribution in [-0.2, 0) is 11.3 Å². The summed E-state index contributed by atoms with van der Waals surface area (Å²) in [6.45, 7) is 0.999. The van der Waals surface area contributed by atoms with Gasteiger partial charge in [-0.3, -0.25) is 9.69 Å². The summed E-state index contributed by atoms with van der Waals surface area (Å²) in [6.07, 6.45) is 1.67. The molecule has 5 nitrogen and oxygen atoms in total. The van der Waals surface area contributed by atoms with Gasteiger partial charge >= 0.3 is 0 Å². The lowest BCUT2D eigenvalue weighted by Crippen LogP contribution is -2.29. The van der Waals surface area contributed by atoms with Crippen molar-refractivity contribution in [2.24, 2.45) is 0 Å². The fraction of sp³-hybridized carbons (Fsp3) is 0.286. The number of thiazole rings is 1. The van der Waals surface area contributed by atoms with Crippen LogP contribution in [0, 0.1) is 0 Å². The van der Waals surface area contributed by atoms with E-state index in [-0.39, 0.29) is 5.91 Å². The van der Waals surface area contributed by atoms with Gasteiger partial charge in [0, 0.05) is 18.1 Å².